The molecule has 1 rings (SSSR count). The fourth-order valence-electron chi connectivity index (χ4n) is 0.912. The Morgan fingerprint density at radius 1 is 1.62 bits per heavy atom. The second kappa shape index (κ2) is 5.23. The molecule has 1 heterocycles. The van der Waals surface area contributed by atoms with Crippen LogP contribution in [0.3, 0.4) is 0 Å². The van der Waals surface area contributed by atoms with Crippen LogP contribution in [0.4, 0.5) is 0 Å². The van der Waals surface area contributed by atoms with Crippen molar-refractivity contribution in [1.82, 2.24) is 4.72 Å². The number of hydrogen-bond acceptors (Lipinski definition) is 5. The highest BCUT2D eigenvalue weighted by Crippen LogP contribution is 2.31. The van der Waals surface area contributed by atoms with Crippen LogP contribution < -0.4 is 10.5 Å². The van der Waals surface area contributed by atoms with Gasteiger partial charge >= 0.3 is 5.97 Å². The van der Waals surface area contributed by atoms with Crippen molar-refractivity contribution in [2.75, 3.05) is 13.1 Å². The molecule has 1 aromatic heterocycles. The summed E-state index contributed by atoms with van der Waals surface area (Å²) in [6.45, 7) is 0.278. The molecule has 16 heavy (non-hydrogen) atoms. The first-order chi connectivity index (χ1) is 7.38. The van der Waals surface area contributed by atoms with E-state index in [1.54, 1.807) is 0 Å². The molecule has 0 fully saturated rings. The number of nitrogens with two attached hydrogens (primary N) is 1. The minimum absolute atomic E-state index is 0.0417. The van der Waals surface area contributed by atoms with Crippen LogP contribution in [-0.4, -0.2) is 32.6 Å². The maximum Gasteiger partial charge on any atom is 0.345 e. The van der Waals surface area contributed by atoms with Gasteiger partial charge in [0, 0.05) is 13.1 Å². The van der Waals surface area contributed by atoms with Crippen LogP contribution >= 0.6 is 27.3 Å². The van der Waals surface area contributed by atoms with Crippen LogP contribution in [-0.2, 0) is 10.0 Å². The number of carbonyl (C=O) groups is 1. The lowest BCUT2D eigenvalue weighted by Crippen LogP contribution is -2.29. The number of aromatic carboxylic acids is 1. The normalized spacial score (nSPS) is 11.6. The van der Waals surface area contributed by atoms with E-state index in [0.29, 0.717) is 0 Å². The van der Waals surface area contributed by atoms with Gasteiger partial charge in [-0.25, -0.2) is 17.9 Å². The Labute approximate surface area is 105 Å². The average molecular weight is 329 g/mol. The molecule has 0 amide bonds. The third kappa shape index (κ3) is 3.01. The maximum atomic E-state index is 11.7. The lowest BCUT2D eigenvalue weighted by atomic mass is 10.5. The molecule has 0 aliphatic heterocycles. The summed E-state index contributed by atoms with van der Waals surface area (Å²) in [4.78, 5) is 10.5. The number of nitrogens with one attached hydrogen (secondary N) is 1. The van der Waals surface area contributed by atoms with Crippen molar-refractivity contribution >= 4 is 43.3 Å². The van der Waals surface area contributed by atoms with Crippen LogP contribution in [0.5, 0.6) is 0 Å². The van der Waals surface area contributed by atoms with Gasteiger partial charge in [-0.1, -0.05) is 0 Å². The number of carboxylic acids is 1. The molecule has 1 aromatic rings. The van der Waals surface area contributed by atoms with Gasteiger partial charge in [0.25, 0.3) is 0 Å². The average Bonchev–Trinajstić information content (AvgIpc) is 2.58. The number of rotatable bonds is 5. The van der Waals surface area contributed by atoms with E-state index in [9.17, 15) is 13.2 Å². The minimum Gasteiger partial charge on any atom is -0.477 e. The van der Waals surface area contributed by atoms with Crippen molar-refractivity contribution in [2.45, 2.75) is 4.90 Å². The fourth-order valence-corrected chi connectivity index (χ4v) is 4.36. The van der Waals surface area contributed by atoms with Crippen molar-refractivity contribution in [1.29, 1.82) is 0 Å². The van der Waals surface area contributed by atoms with Gasteiger partial charge in [-0.3, -0.25) is 0 Å². The van der Waals surface area contributed by atoms with Gasteiger partial charge in [0.05, 0.1) is 3.79 Å². The topological polar surface area (TPSA) is 109 Å². The third-order valence-corrected chi connectivity index (χ3v) is 5.29. The lowest BCUT2D eigenvalue weighted by Gasteiger charge is -2.03. The molecule has 0 saturated heterocycles. The Kier molecular flexibility index (Phi) is 4.44. The van der Waals surface area contributed by atoms with Gasteiger partial charge in [-0.2, -0.15) is 0 Å². The maximum absolute atomic E-state index is 11.7. The fraction of sp³-hybridized carbons (Fsp3) is 0.286. The van der Waals surface area contributed by atoms with Gasteiger partial charge < -0.3 is 10.8 Å². The summed E-state index contributed by atoms with van der Waals surface area (Å²) in [6.07, 6.45) is 0. The third-order valence-electron chi connectivity index (χ3n) is 1.59. The molecule has 6 nitrogen and oxygen atoms in total. The van der Waals surface area contributed by atoms with E-state index in [4.69, 9.17) is 10.8 Å². The highest BCUT2D eigenvalue weighted by molar-refractivity contribution is 9.11. The molecule has 90 valence electrons. The quantitative estimate of drug-likeness (QED) is 0.726. The van der Waals surface area contributed by atoms with E-state index < -0.39 is 16.0 Å². The zero-order valence-electron chi connectivity index (χ0n) is 7.94. The second-order valence-corrected chi connectivity index (χ2v) is 6.85. The zero-order chi connectivity index (χ0) is 12.3. The van der Waals surface area contributed by atoms with Gasteiger partial charge in [-0.05, 0) is 22.0 Å². The predicted molar refractivity (Wildman–Crippen MR) is 63.2 cm³/mol. The van der Waals surface area contributed by atoms with Crippen LogP contribution in [0.15, 0.2) is 14.7 Å². The molecule has 4 N–H and O–H groups in total. The van der Waals surface area contributed by atoms with Crippen molar-refractivity contribution in [3.8, 4) is 0 Å². The molecule has 0 atom stereocenters. The summed E-state index contributed by atoms with van der Waals surface area (Å²) < 4.78 is 25.8. The SMILES string of the molecule is NCCNS(=O)(=O)c1cc(C(=O)O)sc1Br. The first-order valence-corrected chi connectivity index (χ1v) is 7.20. The Morgan fingerprint density at radius 3 is 2.69 bits per heavy atom. The smallest absolute Gasteiger partial charge is 0.345 e. The lowest BCUT2D eigenvalue weighted by molar-refractivity contribution is 0.0702. The zero-order valence-corrected chi connectivity index (χ0v) is 11.2. The Bertz CT molecular complexity index is 496. The van der Waals surface area contributed by atoms with E-state index >= 15 is 0 Å². The molecule has 0 spiro atoms. The summed E-state index contributed by atoms with van der Waals surface area (Å²) in [5, 5.41) is 8.72. The number of hydrogen-bond donors (Lipinski definition) is 3. The molecule has 0 aliphatic carbocycles. The van der Waals surface area contributed by atoms with Gasteiger partial charge in [0.1, 0.15) is 9.77 Å². The van der Waals surface area contributed by atoms with E-state index in [1.165, 1.54) is 0 Å². The van der Waals surface area contributed by atoms with Gasteiger partial charge in [0.2, 0.25) is 10.0 Å². The molecule has 0 aliphatic rings. The Morgan fingerprint density at radius 2 is 2.25 bits per heavy atom. The van der Waals surface area contributed by atoms with E-state index in [-0.39, 0.29) is 26.6 Å². The summed E-state index contributed by atoms with van der Waals surface area (Å²) in [6, 6.07) is 1.11. The summed E-state index contributed by atoms with van der Waals surface area (Å²) in [5.74, 6) is -1.16. The minimum atomic E-state index is -3.70. The van der Waals surface area contributed by atoms with E-state index in [2.05, 4.69) is 20.7 Å². The van der Waals surface area contributed by atoms with Crippen molar-refractivity contribution < 1.29 is 18.3 Å². The summed E-state index contributed by atoms with van der Waals surface area (Å²) in [5.41, 5.74) is 5.18. The van der Waals surface area contributed by atoms with Crippen LogP contribution in [0, 0.1) is 0 Å². The van der Waals surface area contributed by atoms with E-state index in [0.717, 1.165) is 17.4 Å². The number of thiophene rings is 1. The van der Waals surface area contributed by atoms with Crippen molar-refractivity contribution in [2.24, 2.45) is 5.73 Å². The molecule has 0 unspecified atom stereocenters. The van der Waals surface area contributed by atoms with Gasteiger partial charge in [-0.15, -0.1) is 11.3 Å². The number of carboxylic acid groups (broad SMARTS) is 1. The van der Waals surface area contributed by atoms with Crippen molar-refractivity contribution in [3.05, 3.63) is 14.7 Å². The highest BCUT2D eigenvalue weighted by Gasteiger charge is 2.22. The number of sulfonamides is 1. The van der Waals surface area contributed by atoms with Crippen LogP contribution in [0.1, 0.15) is 9.67 Å². The Balaban J connectivity index is 3.08. The number of halogens is 1. The monoisotopic (exact) mass is 328 g/mol. The molecule has 0 bridgehead atoms. The largest absolute Gasteiger partial charge is 0.477 e. The van der Waals surface area contributed by atoms with Crippen LogP contribution in [0.25, 0.3) is 0 Å². The predicted octanol–water partition coefficient (Wildman–Crippen LogP) is 0.446. The van der Waals surface area contributed by atoms with Gasteiger partial charge in [0.15, 0.2) is 0 Å². The summed E-state index contributed by atoms with van der Waals surface area (Å²) >= 11 is 3.87. The molecular weight excluding hydrogens is 320 g/mol. The molecular formula is C7H9BrN2O4S2. The first kappa shape index (κ1) is 13.6. The van der Waals surface area contributed by atoms with Crippen molar-refractivity contribution in [3.63, 3.8) is 0 Å². The molecule has 0 saturated carbocycles. The van der Waals surface area contributed by atoms with E-state index in [1.807, 2.05) is 0 Å². The van der Waals surface area contributed by atoms with Crippen LogP contribution in [0.2, 0.25) is 0 Å². The summed E-state index contributed by atoms with van der Waals surface area (Å²) in [7, 11) is -3.70. The molecule has 0 aromatic carbocycles. The first-order valence-electron chi connectivity index (χ1n) is 4.11. The second-order valence-electron chi connectivity index (χ2n) is 2.74. The highest BCUT2D eigenvalue weighted by atomic mass is 79.9. The molecule has 0 radical (unpaired) electrons. The molecule has 9 heteroatoms. The Hall–Kier alpha value is -0.480. The standard InChI is InChI=1S/C7H9BrN2O4S2/c8-6-5(3-4(15-6)7(11)12)16(13,14)10-2-1-9/h3,10H,1-2,9H2,(H,11,12).